The fourth-order valence-corrected chi connectivity index (χ4v) is 2.09. The highest BCUT2D eigenvalue weighted by Crippen LogP contribution is 2.07. The van der Waals surface area contributed by atoms with Crippen molar-refractivity contribution >= 4 is 51.3 Å². The second-order valence-electron chi connectivity index (χ2n) is 5.90. The summed E-state index contributed by atoms with van der Waals surface area (Å²) in [6.07, 6.45) is 10.9. The van der Waals surface area contributed by atoms with Crippen LogP contribution in [-0.4, -0.2) is 57.9 Å². The van der Waals surface area contributed by atoms with E-state index in [1.807, 2.05) is 0 Å². The van der Waals surface area contributed by atoms with E-state index in [0.717, 1.165) is 0 Å². The number of carbonyl (C=O) groups excluding carboxylic acids is 4. The molecule has 2 aromatic heterocycles. The number of rotatable bonds is 8. The van der Waals surface area contributed by atoms with Gasteiger partial charge in [0.05, 0.1) is 51.8 Å². The number of methoxy groups -OCH3 is 2. The molecule has 0 aliphatic heterocycles. The summed E-state index contributed by atoms with van der Waals surface area (Å²) >= 11 is 3.12. The lowest BCUT2D eigenvalue weighted by Gasteiger charge is -2.03. The van der Waals surface area contributed by atoms with Crippen molar-refractivity contribution in [3.63, 3.8) is 0 Å². The van der Waals surface area contributed by atoms with Crippen LogP contribution < -0.4 is 10.6 Å². The Morgan fingerprint density at radius 1 is 0.818 bits per heavy atom. The average Bonchev–Trinajstić information content (AvgIpc) is 2.83. The van der Waals surface area contributed by atoms with E-state index in [2.05, 4.69) is 61.9 Å². The molecular formula is C20H21BrN6O6. The summed E-state index contributed by atoms with van der Waals surface area (Å²) in [7, 11) is 2.55. The van der Waals surface area contributed by atoms with Gasteiger partial charge in [-0.3, -0.25) is 19.2 Å². The molecule has 0 atom stereocenters. The van der Waals surface area contributed by atoms with E-state index in [4.69, 9.17) is 6.42 Å². The van der Waals surface area contributed by atoms with Gasteiger partial charge in [0, 0.05) is 12.8 Å². The normalized spacial score (nSPS) is 9.39. The summed E-state index contributed by atoms with van der Waals surface area (Å²) in [5.74, 6) is 1.45. The largest absolute Gasteiger partial charge is 0.469 e. The molecule has 13 heteroatoms. The second kappa shape index (κ2) is 15.0. The third-order valence-corrected chi connectivity index (χ3v) is 3.93. The van der Waals surface area contributed by atoms with Crippen molar-refractivity contribution in [1.82, 2.24) is 19.9 Å². The van der Waals surface area contributed by atoms with Crippen molar-refractivity contribution in [3.8, 4) is 12.3 Å². The van der Waals surface area contributed by atoms with Crippen LogP contribution in [0.2, 0.25) is 0 Å². The molecule has 0 saturated carbocycles. The number of nitrogens with one attached hydrogen (secondary N) is 2. The summed E-state index contributed by atoms with van der Waals surface area (Å²) in [6, 6.07) is 0. The maximum Gasteiger partial charge on any atom is 0.306 e. The van der Waals surface area contributed by atoms with E-state index in [1.54, 1.807) is 0 Å². The van der Waals surface area contributed by atoms with Crippen molar-refractivity contribution in [2.24, 2.45) is 0 Å². The van der Waals surface area contributed by atoms with Gasteiger partial charge in [-0.15, -0.1) is 6.42 Å². The van der Waals surface area contributed by atoms with E-state index in [-0.39, 0.29) is 37.5 Å². The van der Waals surface area contributed by atoms with Gasteiger partial charge in [-0.2, -0.15) is 0 Å². The van der Waals surface area contributed by atoms with Crippen LogP contribution in [-0.2, 0) is 28.7 Å². The lowest BCUT2D eigenvalue weighted by molar-refractivity contribution is -0.142. The van der Waals surface area contributed by atoms with Crippen LogP contribution in [0.1, 0.15) is 31.4 Å². The average molecular weight is 521 g/mol. The number of halogens is 1. The summed E-state index contributed by atoms with van der Waals surface area (Å²) in [5.41, 5.74) is 0.387. The molecule has 2 aromatic rings. The molecule has 174 valence electrons. The highest BCUT2D eigenvalue weighted by atomic mass is 79.9. The van der Waals surface area contributed by atoms with Gasteiger partial charge in [0.25, 0.3) is 0 Å². The Hall–Kier alpha value is -3.92. The number of carbonyl (C=O) groups is 4. The molecular weight excluding hydrogens is 500 g/mol. The van der Waals surface area contributed by atoms with Crippen LogP contribution >= 0.6 is 15.9 Å². The molecule has 0 radical (unpaired) electrons. The van der Waals surface area contributed by atoms with Gasteiger partial charge in [0.15, 0.2) is 11.6 Å². The Bertz CT molecular complexity index is 992. The number of hydrogen-bond donors (Lipinski definition) is 2. The molecule has 33 heavy (non-hydrogen) atoms. The van der Waals surface area contributed by atoms with Gasteiger partial charge in [0.1, 0.15) is 10.3 Å². The summed E-state index contributed by atoms with van der Waals surface area (Å²) in [5, 5.41) is 4.99. The zero-order valence-corrected chi connectivity index (χ0v) is 19.4. The van der Waals surface area contributed by atoms with Crippen molar-refractivity contribution < 1.29 is 28.7 Å². The SMILES string of the molecule is C#Cc1cnc(NC(=O)CCC(=O)OC)cn1.COC(=O)CCC(=O)Nc1cnc(Br)cn1. The minimum atomic E-state index is -0.436. The summed E-state index contributed by atoms with van der Waals surface area (Å²) in [4.78, 5) is 59.8. The van der Waals surface area contributed by atoms with Gasteiger partial charge in [-0.25, -0.2) is 19.9 Å². The summed E-state index contributed by atoms with van der Waals surface area (Å²) < 4.78 is 9.41. The molecule has 0 saturated heterocycles. The van der Waals surface area contributed by atoms with Crippen molar-refractivity contribution in [2.75, 3.05) is 24.9 Å². The molecule has 0 spiro atoms. The maximum atomic E-state index is 11.4. The molecule has 2 rings (SSSR count). The van der Waals surface area contributed by atoms with Crippen LogP contribution in [0.3, 0.4) is 0 Å². The maximum absolute atomic E-state index is 11.4. The fourth-order valence-electron chi connectivity index (χ4n) is 1.89. The standard InChI is InChI=1S/C11H11N3O3.C9H10BrN3O3/c1-3-8-6-13-9(7-12-8)14-10(15)4-5-11(16)17-2;1-16-9(15)3-2-8(14)13-7-5-11-6(10)4-12-7/h1,6-7H,4-5H2,2H3,(H,13,14,15);4-5H,2-3H2,1H3,(H,12,13,14). The monoisotopic (exact) mass is 520 g/mol. The quantitative estimate of drug-likeness (QED) is 0.384. The third-order valence-electron chi connectivity index (χ3n) is 3.52. The van der Waals surface area contributed by atoms with Gasteiger partial charge in [-0.1, -0.05) is 0 Å². The minimum Gasteiger partial charge on any atom is -0.469 e. The van der Waals surface area contributed by atoms with E-state index in [9.17, 15) is 19.2 Å². The molecule has 0 unspecified atom stereocenters. The van der Waals surface area contributed by atoms with Gasteiger partial charge >= 0.3 is 11.9 Å². The Morgan fingerprint density at radius 3 is 1.67 bits per heavy atom. The zero-order chi connectivity index (χ0) is 24.6. The number of amides is 2. The minimum absolute atomic E-state index is 0.0260. The second-order valence-corrected chi connectivity index (χ2v) is 6.72. The summed E-state index contributed by atoms with van der Waals surface area (Å²) in [6.45, 7) is 0. The van der Waals surface area contributed by atoms with Crippen molar-refractivity contribution in [1.29, 1.82) is 0 Å². The molecule has 2 heterocycles. The highest BCUT2D eigenvalue weighted by molar-refractivity contribution is 9.10. The van der Waals surface area contributed by atoms with Gasteiger partial charge < -0.3 is 20.1 Å². The van der Waals surface area contributed by atoms with E-state index < -0.39 is 11.9 Å². The molecule has 12 nitrogen and oxygen atoms in total. The fraction of sp³-hybridized carbons (Fsp3) is 0.300. The van der Waals surface area contributed by atoms with Crippen molar-refractivity contribution in [3.05, 3.63) is 35.1 Å². The van der Waals surface area contributed by atoms with E-state index in [1.165, 1.54) is 39.0 Å². The Kier molecular flexibility index (Phi) is 12.3. The first kappa shape index (κ1) is 27.1. The molecule has 0 fully saturated rings. The predicted molar refractivity (Wildman–Crippen MR) is 119 cm³/mol. The van der Waals surface area contributed by atoms with Gasteiger partial charge in [0.2, 0.25) is 11.8 Å². The van der Waals surface area contributed by atoms with Crippen LogP contribution in [0.15, 0.2) is 29.4 Å². The van der Waals surface area contributed by atoms with Crippen LogP contribution in [0.25, 0.3) is 0 Å². The molecule has 2 amide bonds. The lowest BCUT2D eigenvalue weighted by atomic mass is 10.3. The van der Waals surface area contributed by atoms with E-state index >= 15 is 0 Å². The molecule has 2 N–H and O–H groups in total. The molecule has 0 aliphatic carbocycles. The molecule has 0 aromatic carbocycles. The lowest BCUT2D eigenvalue weighted by Crippen LogP contribution is -2.15. The number of nitrogens with zero attached hydrogens (tertiary/aromatic N) is 4. The van der Waals surface area contributed by atoms with Gasteiger partial charge in [-0.05, 0) is 21.9 Å². The predicted octanol–water partition coefficient (Wildman–Crippen LogP) is 1.48. The highest BCUT2D eigenvalue weighted by Gasteiger charge is 2.08. The van der Waals surface area contributed by atoms with E-state index in [0.29, 0.717) is 21.9 Å². The number of aromatic nitrogens is 4. The number of ether oxygens (including phenoxy) is 2. The number of hydrogen-bond acceptors (Lipinski definition) is 10. The van der Waals surface area contributed by atoms with Crippen LogP contribution in [0.5, 0.6) is 0 Å². The zero-order valence-electron chi connectivity index (χ0n) is 17.8. The number of esters is 2. The molecule has 0 aliphatic rings. The first-order valence-electron chi connectivity index (χ1n) is 9.27. The Labute approximate surface area is 198 Å². The van der Waals surface area contributed by atoms with Crippen molar-refractivity contribution in [2.45, 2.75) is 25.7 Å². The Balaban J connectivity index is 0.000000331. The van der Waals surface area contributed by atoms with Crippen LogP contribution in [0, 0.1) is 12.3 Å². The first-order chi connectivity index (χ1) is 15.8. The Morgan fingerprint density at radius 2 is 1.30 bits per heavy atom. The topological polar surface area (TPSA) is 162 Å². The first-order valence-corrected chi connectivity index (χ1v) is 10.1. The smallest absolute Gasteiger partial charge is 0.306 e. The third kappa shape index (κ3) is 11.9. The number of anilines is 2. The van der Waals surface area contributed by atoms with Crippen LogP contribution in [0.4, 0.5) is 11.6 Å². The molecule has 0 bridgehead atoms. The number of terminal acetylenes is 1.